The van der Waals surface area contributed by atoms with Crippen molar-refractivity contribution in [1.82, 2.24) is 0 Å². The van der Waals surface area contributed by atoms with Crippen molar-refractivity contribution in [2.24, 2.45) is 0 Å². The Labute approximate surface area is 418 Å². The average molecular weight is 941 g/mol. The van der Waals surface area contributed by atoms with Crippen LogP contribution in [0.15, 0.2) is 122 Å². The summed E-state index contributed by atoms with van der Waals surface area (Å²) in [5.74, 6) is -0.937. The van der Waals surface area contributed by atoms with Gasteiger partial charge < -0.3 is 14.2 Å². The number of carbonyl (C=O) groups is 3. The van der Waals surface area contributed by atoms with Gasteiger partial charge in [-0.3, -0.25) is 14.4 Å². The van der Waals surface area contributed by atoms with Crippen molar-refractivity contribution < 1.29 is 28.6 Å². The van der Waals surface area contributed by atoms with Gasteiger partial charge in [0.2, 0.25) is 0 Å². The van der Waals surface area contributed by atoms with Crippen LogP contribution in [-0.4, -0.2) is 37.2 Å². The van der Waals surface area contributed by atoms with Crippen molar-refractivity contribution in [3.8, 4) is 0 Å². The molecule has 0 fully saturated rings. The van der Waals surface area contributed by atoms with E-state index in [1.165, 1.54) is 44.9 Å². The molecule has 0 rings (SSSR count). The highest BCUT2D eigenvalue weighted by atomic mass is 16.6. The van der Waals surface area contributed by atoms with Crippen molar-refractivity contribution in [3.05, 3.63) is 122 Å². The molecular formula is C62H100O6. The monoisotopic (exact) mass is 941 g/mol. The molecule has 0 spiro atoms. The zero-order valence-electron chi connectivity index (χ0n) is 43.8. The van der Waals surface area contributed by atoms with E-state index in [9.17, 15) is 14.4 Å². The molecule has 384 valence electrons. The van der Waals surface area contributed by atoms with Gasteiger partial charge in [-0.1, -0.05) is 226 Å². The molecule has 0 aromatic rings. The first-order chi connectivity index (χ1) is 33.5. The number of allylic oxidation sites excluding steroid dienone is 20. The van der Waals surface area contributed by atoms with E-state index in [0.29, 0.717) is 19.3 Å². The smallest absolute Gasteiger partial charge is 0.306 e. The van der Waals surface area contributed by atoms with Crippen molar-refractivity contribution in [3.63, 3.8) is 0 Å². The van der Waals surface area contributed by atoms with Crippen molar-refractivity contribution in [1.29, 1.82) is 0 Å². The van der Waals surface area contributed by atoms with E-state index in [1.54, 1.807) is 0 Å². The summed E-state index contributed by atoms with van der Waals surface area (Å²) in [5, 5.41) is 0. The molecule has 6 heteroatoms. The van der Waals surface area contributed by atoms with Gasteiger partial charge in [-0.2, -0.15) is 0 Å². The normalized spacial score (nSPS) is 13.0. The lowest BCUT2D eigenvalue weighted by Gasteiger charge is -2.18. The lowest BCUT2D eigenvalue weighted by molar-refractivity contribution is -0.167. The SMILES string of the molecule is CC/C=C\C/C=C\C/C=C\C/C=C\C/C=C\C/C=C\C/C=C\C/C=C\C/C=C\CCCCCCCC(=O)OCC(COC(=O)CCCCCCCC)OC(=O)CCCCCCC/C=C\CCCC. The molecule has 0 saturated carbocycles. The number of carbonyl (C=O) groups excluding carboxylic acids is 3. The van der Waals surface area contributed by atoms with Gasteiger partial charge in [0.15, 0.2) is 6.10 Å². The lowest BCUT2D eigenvalue weighted by atomic mass is 10.1. The molecule has 6 nitrogen and oxygen atoms in total. The van der Waals surface area contributed by atoms with Crippen molar-refractivity contribution in [2.45, 2.75) is 239 Å². The fourth-order valence-corrected chi connectivity index (χ4v) is 7.06. The van der Waals surface area contributed by atoms with Crippen LogP contribution in [0.5, 0.6) is 0 Å². The Morgan fingerprint density at radius 1 is 0.309 bits per heavy atom. The molecule has 0 amide bonds. The first kappa shape index (κ1) is 63.8. The molecule has 68 heavy (non-hydrogen) atoms. The van der Waals surface area contributed by atoms with Gasteiger partial charge in [0, 0.05) is 19.3 Å². The quantitative estimate of drug-likeness (QED) is 0.0262. The zero-order valence-corrected chi connectivity index (χ0v) is 43.8. The molecule has 0 radical (unpaired) electrons. The number of unbranched alkanes of at least 4 members (excludes halogenated alkanes) is 17. The van der Waals surface area contributed by atoms with Crippen LogP contribution in [0.2, 0.25) is 0 Å². The van der Waals surface area contributed by atoms with Gasteiger partial charge in [0.05, 0.1) is 0 Å². The Hall–Kier alpha value is -4.19. The van der Waals surface area contributed by atoms with E-state index in [0.717, 1.165) is 148 Å². The molecule has 0 aromatic carbocycles. The van der Waals surface area contributed by atoms with Gasteiger partial charge in [0.25, 0.3) is 0 Å². The Balaban J connectivity index is 4.13. The summed E-state index contributed by atoms with van der Waals surface area (Å²) in [6.45, 7) is 6.38. The summed E-state index contributed by atoms with van der Waals surface area (Å²) in [7, 11) is 0. The number of ether oxygens (including phenoxy) is 3. The zero-order chi connectivity index (χ0) is 49.3. The van der Waals surface area contributed by atoms with Gasteiger partial charge in [-0.05, 0) is 109 Å². The largest absolute Gasteiger partial charge is 0.462 e. The maximum absolute atomic E-state index is 12.7. The number of rotatable bonds is 48. The Kier molecular flexibility index (Phi) is 52.0. The predicted octanol–water partition coefficient (Wildman–Crippen LogP) is 18.5. The average Bonchev–Trinajstić information content (AvgIpc) is 3.34. The van der Waals surface area contributed by atoms with Crippen LogP contribution in [0.3, 0.4) is 0 Å². The maximum Gasteiger partial charge on any atom is 0.306 e. The molecule has 0 N–H and O–H groups in total. The summed E-state index contributed by atoms with van der Waals surface area (Å²) in [6, 6.07) is 0. The van der Waals surface area contributed by atoms with E-state index in [4.69, 9.17) is 14.2 Å². The Morgan fingerprint density at radius 3 is 0.956 bits per heavy atom. The lowest BCUT2D eigenvalue weighted by Crippen LogP contribution is -2.30. The summed E-state index contributed by atoms with van der Waals surface area (Å²) >= 11 is 0. The second-order valence-electron chi connectivity index (χ2n) is 17.8. The number of esters is 3. The fourth-order valence-electron chi connectivity index (χ4n) is 7.06. The van der Waals surface area contributed by atoms with E-state index < -0.39 is 6.10 Å². The molecule has 0 aromatic heterocycles. The minimum Gasteiger partial charge on any atom is -0.462 e. The van der Waals surface area contributed by atoms with Crippen LogP contribution in [0.25, 0.3) is 0 Å². The van der Waals surface area contributed by atoms with Crippen LogP contribution >= 0.6 is 0 Å². The summed E-state index contributed by atoms with van der Waals surface area (Å²) < 4.78 is 16.7. The third-order valence-electron chi connectivity index (χ3n) is 11.2. The molecular weight excluding hydrogens is 841 g/mol. The van der Waals surface area contributed by atoms with Crippen molar-refractivity contribution >= 4 is 17.9 Å². The minimum atomic E-state index is -0.788. The fraction of sp³-hybridized carbons (Fsp3) is 0.629. The van der Waals surface area contributed by atoms with E-state index in [1.807, 2.05) is 0 Å². The van der Waals surface area contributed by atoms with E-state index >= 15 is 0 Å². The van der Waals surface area contributed by atoms with Gasteiger partial charge in [-0.25, -0.2) is 0 Å². The third-order valence-corrected chi connectivity index (χ3v) is 11.2. The molecule has 0 aliphatic carbocycles. The van der Waals surface area contributed by atoms with Crippen LogP contribution in [0, 0.1) is 0 Å². The molecule has 0 bridgehead atoms. The van der Waals surface area contributed by atoms with Crippen LogP contribution in [0.4, 0.5) is 0 Å². The van der Waals surface area contributed by atoms with Gasteiger partial charge in [-0.15, -0.1) is 0 Å². The predicted molar refractivity (Wildman–Crippen MR) is 293 cm³/mol. The highest BCUT2D eigenvalue weighted by molar-refractivity contribution is 5.71. The van der Waals surface area contributed by atoms with Crippen molar-refractivity contribution in [2.75, 3.05) is 13.2 Å². The van der Waals surface area contributed by atoms with Crippen LogP contribution in [0.1, 0.15) is 233 Å². The Bertz CT molecular complexity index is 1450. The molecule has 0 aliphatic rings. The summed E-state index contributed by atoms with van der Waals surface area (Å²) in [6.07, 6.45) is 76.6. The second kappa shape index (κ2) is 55.4. The van der Waals surface area contributed by atoms with E-state index in [-0.39, 0.29) is 31.1 Å². The minimum absolute atomic E-state index is 0.0894. The molecule has 1 unspecified atom stereocenters. The topological polar surface area (TPSA) is 78.9 Å². The van der Waals surface area contributed by atoms with Gasteiger partial charge in [0.1, 0.15) is 13.2 Å². The van der Waals surface area contributed by atoms with Crippen LogP contribution < -0.4 is 0 Å². The molecule has 0 heterocycles. The van der Waals surface area contributed by atoms with Gasteiger partial charge >= 0.3 is 17.9 Å². The Morgan fingerprint density at radius 2 is 0.588 bits per heavy atom. The molecule has 0 aliphatic heterocycles. The van der Waals surface area contributed by atoms with Crippen LogP contribution in [-0.2, 0) is 28.6 Å². The maximum atomic E-state index is 12.7. The summed E-state index contributed by atoms with van der Waals surface area (Å²) in [5.41, 5.74) is 0. The number of hydrogen-bond donors (Lipinski definition) is 0. The second-order valence-corrected chi connectivity index (χ2v) is 17.8. The van der Waals surface area contributed by atoms with E-state index in [2.05, 4.69) is 142 Å². The number of hydrogen-bond acceptors (Lipinski definition) is 6. The highest BCUT2D eigenvalue weighted by Gasteiger charge is 2.19. The highest BCUT2D eigenvalue weighted by Crippen LogP contribution is 2.13. The summed E-state index contributed by atoms with van der Waals surface area (Å²) in [4.78, 5) is 37.7. The molecule has 0 saturated heterocycles. The first-order valence-corrected chi connectivity index (χ1v) is 27.5. The first-order valence-electron chi connectivity index (χ1n) is 27.5. The molecule has 1 atom stereocenters. The third kappa shape index (κ3) is 52.8. The standard InChI is InChI=1S/C62H100O6/c1-4-7-10-13-16-18-20-21-22-23-24-25-26-27-28-29-30-31-32-33-34-35-36-37-38-39-40-41-43-44-46-49-52-55-61(64)67-58-59(57-66-60(63)54-51-48-15-12-9-6-3)68-62(65)56-53-50-47-45-42-19-17-14-11-8-5-2/h7,10,14,16-18,21-22,24-25,27-28,30-31,33-34,36-37,39-40,59H,4-6,8-9,11-13,15,19-20,23,26,29,32,35,38,41-58H2,1-3H3/b10-7-,17-14-,18-16-,22-21-,25-24-,28-27-,31-30-,34-33-,37-36-,40-39-.